The van der Waals surface area contributed by atoms with Crippen LogP contribution >= 0.6 is 0 Å². The summed E-state index contributed by atoms with van der Waals surface area (Å²) in [5, 5.41) is 14.8. The Morgan fingerprint density at radius 2 is 2.14 bits per heavy atom. The number of nitrogens with zero attached hydrogens (tertiary/aromatic N) is 3. The Labute approximate surface area is 119 Å². The summed E-state index contributed by atoms with van der Waals surface area (Å²) in [7, 11) is 1.65. The molecule has 0 unspecified atom stereocenters. The number of furan rings is 1. The third-order valence-electron chi connectivity index (χ3n) is 3.09. The SMILES string of the molecule is CNc1ncc([N+](=O)[O-])c(-c2cc3cc(C)ccc3o2)n1. The zero-order valence-corrected chi connectivity index (χ0v) is 11.5. The van der Waals surface area contributed by atoms with Crippen LogP contribution in [0.2, 0.25) is 0 Å². The molecule has 0 saturated heterocycles. The number of fused-ring (bicyclic) bond motifs is 1. The van der Waals surface area contributed by atoms with Crippen molar-refractivity contribution < 1.29 is 9.34 Å². The van der Waals surface area contributed by atoms with E-state index in [4.69, 9.17) is 4.42 Å². The number of aryl methyl sites for hydroxylation is 1. The van der Waals surface area contributed by atoms with Gasteiger partial charge in [-0.25, -0.2) is 9.97 Å². The summed E-state index contributed by atoms with van der Waals surface area (Å²) < 4.78 is 5.68. The average molecular weight is 284 g/mol. The van der Waals surface area contributed by atoms with Crippen molar-refractivity contribution in [3.8, 4) is 11.5 Å². The molecule has 0 atom stereocenters. The third-order valence-corrected chi connectivity index (χ3v) is 3.09. The third kappa shape index (κ3) is 2.29. The lowest BCUT2D eigenvalue weighted by atomic mass is 10.2. The maximum absolute atomic E-state index is 11.1. The van der Waals surface area contributed by atoms with Crippen LogP contribution in [0.5, 0.6) is 0 Å². The molecule has 1 aromatic carbocycles. The molecule has 0 aliphatic rings. The minimum atomic E-state index is -0.521. The number of hydrogen-bond donors (Lipinski definition) is 1. The van der Waals surface area contributed by atoms with E-state index in [-0.39, 0.29) is 11.4 Å². The highest BCUT2D eigenvalue weighted by molar-refractivity contribution is 5.84. The predicted octanol–water partition coefficient (Wildman–Crippen LogP) is 3.15. The Bertz CT molecular complexity index is 841. The average Bonchev–Trinajstić information content (AvgIpc) is 2.89. The summed E-state index contributed by atoms with van der Waals surface area (Å²) in [5.74, 6) is 0.647. The first-order valence-corrected chi connectivity index (χ1v) is 6.28. The second kappa shape index (κ2) is 4.86. The highest BCUT2D eigenvalue weighted by Gasteiger charge is 2.22. The fraction of sp³-hybridized carbons (Fsp3) is 0.143. The molecule has 0 radical (unpaired) electrons. The number of anilines is 1. The van der Waals surface area contributed by atoms with Crippen molar-refractivity contribution in [3.05, 3.63) is 46.1 Å². The molecule has 0 amide bonds. The lowest BCUT2D eigenvalue weighted by Crippen LogP contribution is -2.01. The van der Waals surface area contributed by atoms with Gasteiger partial charge in [0.25, 0.3) is 0 Å². The Balaban J connectivity index is 2.22. The van der Waals surface area contributed by atoms with Crippen molar-refractivity contribution in [2.45, 2.75) is 6.92 Å². The number of benzene rings is 1. The molecule has 7 nitrogen and oxygen atoms in total. The summed E-state index contributed by atoms with van der Waals surface area (Å²) in [6, 6.07) is 7.45. The van der Waals surface area contributed by atoms with Crippen molar-refractivity contribution >= 4 is 22.6 Å². The van der Waals surface area contributed by atoms with Crippen LogP contribution in [0.25, 0.3) is 22.4 Å². The zero-order chi connectivity index (χ0) is 15.0. The quantitative estimate of drug-likeness (QED) is 0.586. The zero-order valence-electron chi connectivity index (χ0n) is 11.5. The molecule has 7 heteroatoms. The van der Waals surface area contributed by atoms with Crippen LogP contribution in [0.15, 0.2) is 34.9 Å². The molecule has 1 N–H and O–H groups in total. The van der Waals surface area contributed by atoms with Crippen LogP contribution in [0.3, 0.4) is 0 Å². The molecule has 0 spiro atoms. The molecular formula is C14H12N4O3. The number of nitrogens with one attached hydrogen (secondary N) is 1. The molecule has 3 rings (SSSR count). The fourth-order valence-corrected chi connectivity index (χ4v) is 2.09. The van der Waals surface area contributed by atoms with Crippen molar-refractivity contribution in [1.29, 1.82) is 0 Å². The maximum atomic E-state index is 11.1. The summed E-state index contributed by atoms with van der Waals surface area (Å²) in [5.41, 5.74) is 1.72. The second-order valence-corrected chi connectivity index (χ2v) is 4.59. The molecule has 0 aliphatic carbocycles. The standard InChI is InChI=1S/C14H12N4O3/c1-8-3-4-11-9(5-8)6-12(21-11)13-10(18(19)20)7-16-14(15-2)17-13/h3-7H,1-2H3,(H,15,16,17). The van der Waals surface area contributed by atoms with Gasteiger partial charge in [-0.2, -0.15) is 0 Å². The van der Waals surface area contributed by atoms with Gasteiger partial charge in [-0.3, -0.25) is 10.1 Å². The first-order chi connectivity index (χ1) is 10.1. The van der Waals surface area contributed by atoms with E-state index in [0.29, 0.717) is 17.3 Å². The predicted molar refractivity (Wildman–Crippen MR) is 78.2 cm³/mol. The van der Waals surface area contributed by atoms with Crippen molar-refractivity contribution in [1.82, 2.24) is 9.97 Å². The lowest BCUT2D eigenvalue weighted by Gasteiger charge is -2.01. The summed E-state index contributed by atoms with van der Waals surface area (Å²) >= 11 is 0. The molecule has 2 heterocycles. The number of rotatable bonds is 3. The van der Waals surface area contributed by atoms with E-state index >= 15 is 0 Å². The maximum Gasteiger partial charge on any atom is 0.317 e. The largest absolute Gasteiger partial charge is 0.454 e. The molecule has 21 heavy (non-hydrogen) atoms. The summed E-state index contributed by atoms with van der Waals surface area (Å²) in [6.45, 7) is 1.97. The molecule has 106 valence electrons. The highest BCUT2D eigenvalue weighted by atomic mass is 16.6. The van der Waals surface area contributed by atoms with E-state index in [1.54, 1.807) is 13.1 Å². The second-order valence-electron chi connectivity index (χ2n) is 4.59. The van der Waals surface area contributed by atoms with Crippen LogP contribution in [0, 0.1) is 17.0 Å². The van der Waals surface area contributed by atoms with Crippen LogP contribution in [0.1, 0.15) is 5.56 Å². The number of aromatic nitrogens is 2. The first kappa shape index (κ1) is 13.0. The topological polar surface area (TPSA) is 94.1 Å². The number of hydrogen-bond acceptors (Lipinski definition) is 6. The number of nitro groups is 1. The van der Waals surface area contributed by atoms with Gasteiger partial charge in [0.15, 0.2) is 11.5 Å². The summed E-state index contributed by atoms with van der Waals surface area (Å²) in [4.78, 5) is 18.6. The van der Waals surface area contributed by atoms with Crippen molar-refractivity contribution in [2.24, 2.45) is 0 Å². The molecule has 0 saturated carbocycles. The van der Waals surface area contributed by atoms with Gasteiger partial charge in [-0.15, -0.1) is 0 Å². The Morgan fingerprint density at radius 3 is 2.86 bits per heavy atom. The van der Waals surface area contributed by atoms with E-state index < -0.39 is 4.92 Å². The van der Waals surface area contributed by atoms with Gasteiger partial charge in [-0.05, 0) is 25.1 Å². The van der Waals surface area contributed by atoms with E-state index in [2.05, 4.69) is 15.3 Å². The molecule has 0 aliphatic heterocycles. The smallest absolute Gasteiger partial charge is 0.317 e. The van der Waals surface area contributed by atoms with Crippen molar-refractivity contribution in [3.63, 3.8) is 0 Å². The van der Waals surface area contributed by atoms with Crippen LogP contribution in [-0.2, 0) is 0 Å². The summed E-state index contributed by atoms with van der Waals surface area (Å²) in [6.07, 6.45) is 1.17. The van der Waals surface area contributed by atoms with E-state index in [1.165, 1.54) is 6.20 Å². The van der Waals surface area contributed by atoms with Gasteiger partial charge in [0.2, 0.25) is 5.95 Å². The molecule has 2 aromatic heterocycles. The Morgan fingerprint density at radius 1 is 1.33 bits per heavy atom. The van der Waals surface area contributed by atoms with Crippen LogP contribution in [0.4, 0.5) is 11.6 Å². The Kier molecular flexibility index (Phi) is 3.02. The Hall–Kier alpha value is -2.96. The van der Waals surface area contributed by atoms with Gasteiger partial charge in [0.05, 0.1) is 4.92 Å². The minimum Gasteiger partial charge on any atom is -0.454 e. The van der Waals surface area contributed by atoms with Crippen LogP contribution in [-0.4, -0.2) is 21.9 Å². The van der Waals surface area contributed by atoms with E-state index in [1.807, 2.05) is 25.1 Å². The molecule has 0 fully saturated rings. The molecule has 0 bridgehead atoms. The van der Waals surface area contributed by atoms with Gasteiger partial charge < -0.3 is 9.73 Å². The molecular weight excluding hydrogens is 272 g/mol. The van der Waals surface area contributed by atoms with Gasteiger partial charge in [-0.1, -0.05) is 11.6 Å². The lowest BCUT2D eigenvalue weighted by molar-refractivity contribution is -0.384. The monoisotopic (exact) mass is 284 g/mol. The van der Waals surface area contributed by atoms with Crippen molar-refractivity contribution in [2.75, 3.05) is 12.4 Å². The highest BCUT2D eigenvalue weighted by Crippen LogP contribution is 2.32. The first-order valence-electron chi connectivity index (χ1n) is 6.28. The minimum absolute atomic E-state index is 0.160. The molecule has 3 aromatic rings. The van der Waals surface area contributed by atoms with Gasteiger partial charge in [0.1, 0.15) is 11.8 Å². The van der Waals surface area contributed by atoms with Crippen LogP contribution < -0.4 is 5.32 Å². The normalized spacial score (nSPS) is 10.8. The van der Waals surface area contributed by atoms with E-state index in [0.717, 1.165) is 10.9 Å². The van der Waals surface area contributed by atoms with E-state index in [9.17, 15) is 10.1 Å². The van der Waals surface area contributed by atoms with Gasteiger partial charge >= 0.3 is 5.69 Å². The fourth-order valence-electron chi connectivity index (χ4n) is 2.09. The van der Waals surface area contributed by atoms with Gasteiger partial charge in [0, 0.05) is 12.4 Å².